The van der Waals surface area contributed by atoms with Gasteiger partial charge in [0.2, 0.25) is 0 Å². The Morgan fingerprint density at radius 3 is 2.57 bits per heavy atom. The minimum atomic E-state index is -0.242. The Hall–Kier alpha value is -3.02. The number of rotatable bonds is 4. The molecule has 0 spiro atoms. The maximum Gasteiger partial charge on any atom is 0.321 e. The number of methoxy groups -OCH3 is 1. The average Bonchev–Trinajstić information content (AvgIpc) is 3.01. The molecule has 6 nitrogen and oxygen atoms in total. The van der Waals surface area contributed by atoms with Gasteiger partial charge >= 0.3 is 6.03 Å². The van der Waals surface area contributed by atoms with Crippen molar-refractivity contribution in [3.8, 4) is 5.75 Å². The maximum absolute atomic E-state index is 12.3. The molecule has 0 bridgehead atoms. The molecule has 0 unspecified atom stereocenters. The fraction of sp³-hybridized carbons (Fsp3) is 0.176. The summed E-state index contributed by atoms with van der Waals surface area (Å²) in [7, 11) is 1.53. The fourth-order valence-electron chi connectivity index (χ4n) is 2.47. The van der Waals surface area contributed by atoms with E-state index >= 15 is 0 Å². The van der Waals surface area contributed by atoms with Crippen LogP contribution in [0.2, 0.25) is 0 Å². The number of anilines is 2. The van der Waals surface area contributed by atoms with E-state index in [2.05, 4.69) is 10.6 Å². The number of ether oxygens (including phenoxy) is 1. The first kappa shape index (κ1) is 14.9. The zero-order valence-corrected chi connectivity index (χ0v) is 12.7. The van der Waals surface area contributed by atoms with Crippen LogP contribution in [0.5, 0.6) is 5.75 Å². The van der Waals surface area contributed by atoms with E-state index in [1.165, 1.54) is 7.11 Å². The second kappa shape index (κ2) is 6.39. The van der Waals surface area contributed by atoms with Gasteiger partial charge in [-0.3, -0.25) is 9.69 Å². The van der Waals surface area contributed by atoms with Crippen LogP contribution < -0.4 is 20.3 Å². The van der Waals surface area contributed by atoms with Crippen LogP contribution in [0.25, 0.3) is 0 Å². The number of para-hydroxylation sites is 1. The van der Waals surface area contributed by atoms with Crippen LogP contribution in [-0.4, -0.2) is 32.1 Å². The zero-order valence-electron chi connectivity index (χ0n) is 12.7. The Labute approximate surface area is 134 Å². The monoisotopic (exact) mass is 311 g/mol. The first-order chi connectivity index (χ1) is 11.2. The van der Waals surface area contributed by atoms with Gasteiger partial charge in [0.05, 0.1) is 12.7 Å². The van der Waals surface area contributed by atoms with Gasteiger partial charge in [0.15, 0.2) is 0 Å². The highest BCUT2D eigenvalue weighted by molar-refractivity contribution is 6.06. The molecular weight excluding hydrogens is 294 g/mol. The summed E-state index contributed by atoms with van der Waals surface area (Å²) >= 11 is 0. The van der Waals surface area contributed by atoms with Crippen molar-refractivity contribution in [3.63, 3.8) is 0 Å². The molecule has 1 heterocycles. The van der Waals surface area contributed by atoms with Gasteiger partial charge in [-0.1, -0.05) is 12.1 Å². The van der Waals surface area contributed by atoms with Crippen molar-refractivity contribution >= 4 is 23.3 Å². The second-order valence-corrected chi connectivity index (χ2v) is 5.08. The van der Waals surface area contributed by atoms with Crippen molar-refractivity contribution < 1.29 is 14.3 Å². The van der Waals surface area contributed by atoms with Gasteiger partial charge in [0, 0.05) is 24.5 Å². The number of nitrogens with zero attached hydrogens (tertiary/aromatic N) is 1. The summed E-state index contributed by atoms with van der Waals surface area (Å²) in [6.45, 7) is 1.29. The first-order valence-corrected chi connectivity index (χ1v) is 7.29. The van der Waals surface area contributed by atoms with Crippen LogP contribution in [0, 0.1) is 0 Å². The maximum atomic E-state index is 12.3. The summed E-state index contributed by atoms with van der Waals surface area (Å²) in [5, 5.41) is 5.58. The lowest BCUT2D eigenvalue weighted by atomic mass is 10.2. The summed E-state index contributed by atoms with van der Waals surface area (Å²) < 4.78 is 5.19. The SMILES string of the molecule is COc1ccccc1C(=O)Nc1ccc(N2CCNC2=O)cc1. The number of carbonyl (C=O) groups excluding carboxylic acids is 2. The third kappa shape index (κ3) is 3.11. The van der Waals surface area contributed by atoms with Gasteiger partial charge < -0.3 is 15.4 Å². The molecule has 23 heavy (non-hydrogen) atoms. The molecule has 1 aliphatic heterocycles. The first-order valence-electron chi connectivity index (χ1n) is 7.29. The highest BCUT2D eigenvalue weighted by Crippen LogP contribution is 2.22. The molecule has 0 saturated carbocycles. The van der Waals surface area contributed by atoms with Gasteiger partial charge in [-0.15, -0.1) is 0 Å². The van der Waals surface area contributed by atoms with Gasteiger partial charge in [-0.25, -0.2) is 4.79 Å². The van der Waals surface area contributed by atoms with Crippen LogP contribution in [0.4, 0.5) is 16.2 Å². The lowest BCUT2D eigenvalue weighted by molar-refractivity contribution is 0.102. The van der Waals surface area contributed by atoms with Crippen molar-refractivity contribution in [3.05, 3.63) is 54.1 Å². The van der Waals surface area contributed by atoms with Gasteiger partial charge in [0.25, 0.3) is 5.91 Å². The molecule has 1 aliphatic rings. The largest absolute Gasteiger partial charge is 0.496 e. The molecule has 0 atom stereocenters. The summed E-state index contributed by atoms with van der Waals surface area (Å²) in [6, 6.07) is 14.1. The molecule has 2 aromatic rings. The normalized spacial score (nSPS) is 13.6. The Morgan fingerprint density at radius 1 is 1.17 bits per heavy atom. The molecule has 1 saturated heterocycles. The molecule has 1 fully saturated rings. The van der Waals surface area contributed by atoms with Crippen LogP contribution in [0.15, 0.2) is 48.5 Å². The van der Waals surface area contributed by atoms with Crippen molar-refractivity contribution in [2.45, 2.75) is 0 Å². The summed E-state index contributed by atoms with van der Waals surface area (Å²) in [5.74, 6) is 0.282. The van der Waals surface area contributed by atoms with Crippen molar-refractivity contribution in [1.29, 1.82) is 0 Å². The molecule has 2 aromatic carbocycles. The average molecular weight is 311 g/mol. The van der Waals surface area contributed by atoms with Crippen LogP contribution in [0.1, 0.15) is 10.4 Å². The quantitative estimate of drug-likeness (QED) is 0.911. The van der Waals surface area contributed by atoms with Crippen LogP contribution in [0.3, 0.4) is 0 Å². The zero-order chi connectivity index (χ0) is 16.2. The molecule has 6 heteroatoms. The fourth-order valence-corrected chi connectivity index (χ4v) is 2.47. The Balaban J connectivity index is 1.73. The predicted molar refractivity (Wildman–Crippen MR) is 88.1 cm³/mol. The van der Waals surface area contributed by atoms with Crippen LogP contribution >= 0.6 is 0 Å². The van der Waals surface area contributed by atoms with E-state index in [9.17, 15) is 9.59 Å². The highest BCUT2D eigenvalue weighted by atomic mass is 16.5. The molecule has 0 aromatic heterocycles. The van der Waals surface area contributed by atoms with Crippen molar-refractivity contribution in [2.75, 3.05) is 30.4 Å². The third-order valence-corrected chi connectivity index (χ3v) is 3.65. The molecule has 0 aliphatic carbocycles. The Morgan fingerprint density at radius 2 is 1.91 bits per heavy atom. The minimum absolute atomic E-state index is 0.101. The molecule has 0 radical (unpaired) electrons. The number of carbonyl (C=O) groups is 2. The molecular formula is C17H17N3O3. The lowest BCUT2D eigenvalue weighted by Crippen LogP contribution is -2.27. The number of hydrogen-bond donors (Lipinski definition) is 2. The Kier molecular flexibility index (Phi) is 4.14. The summed E-state index contributed by atoms with van der Waals surface area (Å²) in [4.78, 5) is 25.6. The van der Waals surface area contributed by atoms with Gasteiger partial charge in [-0.2, -0.15) is 0 Å². The number of amides is 3. The van der Waals surface area contributed by atoms with Crippen molar-refractivity contribution in [2.24, 2.45) is 0 Å². The number of urea groups is 1. The van der Waals surface area contributed by atoms with Crippen molar-refractivity contribution in [1.82, 2.24) is 5.32 Å². The highest BCUT2D eigenvalue weighted by Gasteiger charge is 2.20. The van der Waals surface area contributed by atoms with E-state index in [1.807, 2.05) is 18.2 Å². The Bertz CT molecular complexity index is 728. The van der Waals surface area contributed by atoms with E-state index in [1.54, 1.807) is 35.2 Å². The van der Waals surface area contributed by atoms with Gasteiger partial charge in [-0.05, 0) is 36.4 Å². The summed E-state index contributed by atoms with van der Waals surface area (Å²) in [6.07, 6.45) is 0. The standard InChI is InChI=1S/C17H17N3O3/c1-23-15-5-3-2-4-14(15)16(21)19-12-6-8-13(9-7-12)20-11-10-18-17(20)22/h2-9H,10-11H2,1H3,(H,18,22)(H,19,21). The molecule has 3 rings (SSSR count). The molecule has 2 N–H and O–H groups in total. The predicted octanol–water partition coefficient (Wildman–Crippen LogP) is 2.48. The van der Waals surface area contributed by atoms with Gasteiger partial charge in [0.1, 0.15) is 5.75 Å². The van der Waals surface area contributed by atoms with E-state index < -0.39 is 0 Å². The minimum Gasteiger partial charge on any atom is -0.496 e. The van der Waals surface area contributed by atoms with Crippen LogP contribution in [-0.2, 0) is 0 Å². The number of hydrogen-bond acceptors (Lipinski definition) is 3. The molecule has 118 valence electrons. The lowest BCUT2D eigenvalue weighted by Gasteiger charge is -2.15. The third-order valence-electron chi connectivity index (χ3n) is 3.65. The van der Waals surface area contributed by atoms with E-state index in [0.29, 0.717) is 30.1 Å². The summed E-state index contributed by atoms with van der Waals surface area (Å²) in [5.41, 5.74) is 1.93. The smallest absolute Gasteiger partial charge is 0.321 e. The second-order valence-electron chi connectivity index (χ2n) is 5.08. The van der Waals surface area contributed by atoms with E-state index in [0.717, 1.165) is 5.69 Å². The van der Waals surface area contributed by atoms with E-state index in [-0.39, 0.29) is 11.9 Å². The molecule has 3 amide bonds. The number of nitrogens with one attached hydrogen (secondary N) is 2. The topological polar surface area (TPSA) is 70.7 Å². The number of benzene rings is 2. The van der Waals surface area contributed by atoms with E-state index in [4.69, 9.17) is 4.74 Å².